The van der Waals surface area contributed by atoms with Crippen molar-refractivity contribution in [1.29, 1.82) is 0 Å². The van der Waals surface area contributed by atoms with Gasteiger partial charge in [-0.3, -0.25) is 9.10 Å². The number of hydrogen-bond acceptors (Lipinski definition) is 5. The minimum absolute atomic E-state index is 0.162. The van der Waals surface area contributed by atoms with Gasteiger partial charge in [-0.1, -0.05) is 35.9 Å². The summed E-state index contributed by atoms with van der Waals surface area (Å²) >= 11 is 0. The van der Waals surface area contributed by atoms with Gasteiger partial charge in [0.2, 0.25) is 5.91 Å². The third-order valence-electron chi connectivity index (χ3n) is 5.47. The molecule has 4 rings (SSSR count). The lowest BCUT2D eigenvalue weighted by atomic mass is 10.0. The van der Waals surface area contributed by atoms with Crippen LogP contribution < -0.4 is 9.62 Å². The van der Waals surface area contributed by atoms with E-state index in [1.807, 2.05) is 19.1 Å². The highest BCUT2D eigenvalue weighted by atomic mass is 32.2. The van der Waals surface area contributed by atoms with Gasteiger partial charge >= 0.3 is 5.97 Å². The van der Waals surface area contributed by atoms with Crippen molar-refractivity contribution >= 4 is 33.3 Å². The fourth-order valence-electron chi connectivity index (χ4n) is 3.84. The molecular formula is C24H22N2O5S. The van der Waals surface area contributed by atoms with Gasteiger partial charge in [0.05, 0.1) is 23.3 Å². The highest BCUT2D eigenvalue weighted by Crippen LogP contribution is 2.43. The Hall–Kier alpha value is -3.65. The van der Waals surface area contributed by atoms with E-state index in [1.54, 1.807) is 55.5 Å². The van der Waals surface area contributed by atoms with Crippen molar-refractivity contribution in [3.05, 3.63) is 77.4 Å². The number of aryl methyl sites for hydroxylation is 1. The van der Waals surface area contributed by atoms with Crippen molar-refractivity contribution < 1.29 is 22.7 Å². The van der Waals surface area contributed by atoms with Gasteiger partial charge in [-0.25, -0.2) is 13.2 Å². The number of methoxy groups -OCH3 is 1. The summed E-state index contributed by atoms with van der Waals surface area (Å²) < 4.78 is 32.6. The third-order valence-corrected chi connectivity index (χ3v) is 7.28. The van der Waals surface area contributed by atoms with Crippen LogP contribution in [-0.4, -0.2) is 33.9 Å². The first-order chi connectivity index (χ1) is 15.2. The number of carbonyl (C=O) groups is 2. The number of rotatable bonds is 4. The number of carbonyl (C=O) groups excluding carboxylic acids is 2. The summed E-state index contributed by atoms with van der Waals surface area (Å²) in [4.78, 5) is 25.0. The molecule has 0 aliphatic carbocycles. The lowest BCUT2D eigenvalue weighted by Gasteiger charge is -2.32. The zero-order valence-corrected chi connectivity index (χ0v) is 18.7. The van der Waals surface area contributed by atoms with E-state index in [-0.39, 0.29) is 4.90 Å². The number of sulfonamides is 1. The van der Waals surface area contributed by atoms with E-state index in [4.69, 9.17) is 4.74 Å². The summed E-state index contributed by atoms with van der Waals surface area (Å²) in [5.41, 5.74) is 4.08. The molecule has 0 fully saturated rings. The van der Waals surface area contributed by atoms with Crippen LogP contribution in [0.15, 0.2) is 65.6 Å². The average molecular weight is 451 g/mol. The number of fused-ring (bicyclic) bond motifs is 3. The first kappa shape index (κ1) is 21.6. The smallest absolute Gasteiger partial charge is 0.338 e. The van der Waals surface area contributed by atoms with Gasteiger partial charge in [-0.05, 0) is 49.7 Å². The van der Waals surface area contributed by atoms with Gasteiger partial charge in [-0.15, -0.1) is 0 Å². The first-order valence-corrected chi connectivity index (χ1v) is 11.4. The van der Waals surface area contributed by atoms with Gasteiger partial charge in [0, 0.05) is 16.8 Å². The van der Waals surface area contributed by atoms with Gasteiger partial charge in [0.1, 0.15) is 6.54 Å². The molecule has 1 heterocycles. The molecule has 3 aromatic carbocycles. The van der Waals surface area contributed by atoms with E-state index in [9.17, 15) is 18.0 Å². The molecule has 8 heteroatoms. The van der Waals surface area contributed by atoms with Crippen LogP contribution >= 0.6 is 0 Å². The van der Waals surface area contributed by atoms with Gasteiger partial charge in [0.25, 0.3) is 10.0 Å². The molecule has 0 saturated carbocycles. The fraction of sp³-hybridized carbons (Fsp3) is 0.167. The number of nitrogens with zero attached hydrogens (tertiary/aromatic N) is 1. The highest BCUT2D eigenvalue weighted by molar-refractivity contribution is 7.93. The standard InChI is InChI=1S/C24H22N2O5S/c1-15-11-12-21-19(13-15)18-7-4-5-10-22(18)32(29,30)26(21)14-23(27)25-20-9-6-8-17(16(20)2)24(28)31-3/h4-13H,14H2,1-3H3,(H,25,27). The number of nitrogens with one attached hydrogen (secondary N) is 1. The first-order valence-electron chi connectivity index (χ1n) is 9.94. The quantitative estimate of drug-likeness (QED) is 0.609. The maximum atomic E-state index is 13.4. The molecule has 0 saturated heterocycles. The summed E-state index contributed by atoms with van der Waals surface area (Å²) in [6.45, 7) is 3.21. The molecule has 3 aromatic rings. The van der Waals surface area contributed by atoms with E-state index in [0.717, 1.165) is 15.4 Å². The van der Waals surface area contributed by atoms with Crippen molar-refractivity contribution in [2.45, 2.75) is 18.7 Å². The Bertz CT molecular complexity index is 1350. The van der Waals surface area contributed by atoms with Gasteiger partial charge in [-0.2, -0.15) is 0 Å². The normalized spacial score (nSPS) is 13.7. The van der Waals surface area contributed by atoms with E-state index < -0.39 is 28.4 Å². The maximum Gasteiger partial charge on any atom is 0.338 e. The van der Waals surface area contributed by atoms with Crippen LogP contribution in [0.4, 0.5) is 11.4 Å². The van der Waals surface area contributed by atoms with Gasteiger partial charge < -0.3 is 10.1 Å². The molecule has 164 valence electrons. The van der Waals surface area contributed by atoms with Crippen molar-refractivity contribution in [3.63, 3.8) is 0 Å². The molecular weight excluding hydrogens is 428 g/mol. The Morgan fingerprint density at radius 2 is 1.72 bits per heavy atom. The van der Waals surface area contributed by atoms with E-state index in [2.05, 4.69) is 5.32 Å². The van der Waals surface area contributed by atoms with Crippen LogP contribution in [0.25, 0.3) is 11.1 Å². The van der Waals surface area contributed by atoms with Crippen molar-refractivity contribution in [1.82, 2.24) is 0 Å². The van der Waals surface area contributed by atoms with E-state index in [0.29, 0.717) is 28.1 Å². The summed E-state index contributed by atoms with van der Waals surface area (Å²) in [7, 11) is -2.65. The van der Waals surface area contributed by atoms with Crippen LogP contribution in [0, 0.1) is 13.8 Å². The van der Waals surface area contributed by atoms with E-state index >= 15 is 0 Å². The molecule has 0 spiro atoms. The Labute approximate surface area is 186 Å². The number of hydrogen-bond donors (Lipinski definition) is 1. The zero-order chi connectivity index (χ0) is 23.0. The highest BCUT2D eigenvalue weighted by Gasteiger charge is 2.36. The second kappa shape index (κ2) is 8.12. The number of esters is 1. The van der Waals surface area contributed by atoms with Crippen molar-refractivity contribution in [2.24, 2.45) is 0 Å². The predicted octanol–water partition coefficient (Wildman–Crippen LogP) is 3.90. The molecule has 1 aliphatic rings. The van der Waals surface area contributed by atoms with Crippen molar-refractivity contribution in [3.8, 4) is 11.1 Å². The Morgan fingerprint density at radius 3 is 2.47 bits per heavy atom. The third kappa shape index (κ3) is 3.62. The summed E-state index contributed by atoms with van der Waals surface area (Å²) in [5, 5.41) is 2.73. The second-order valence-corrected chi connectivity index (χ2v) is 9.38. The summed E-state index contributed by atoms with van der Waals surface area (Å²) in [6, 6.07) is 17.1. The van der Waals surface area contributed by atoms with E-state index in [1.165, 1.54) is 7.11 Å². The van der Waals surface area contributed by atoms with Crippen LogP contribution in [-0.2, 0) is 19.6 Å². The summed E-state index contributed by atoms with van der Waals surface area (Å²) in [5.74, 6) is -1.04. The Kier molecular flexibility index (Phi) is 5.48. The number of anilines is 2. The molecule has 1 N–H and O–H groups in total. The molecule has 1 aliphatic heterocycles. The second-order valence-electron chi connectivity index (χ2n) is 7.55. The van der Waals surface area contributed by atoms with Crippen LogP contribution in [0.1, 0.15) is 21.5 Å². The monoisotopic (exact) mass is 450 g/mol. The number of amides is 1. The molecule has 7 nitrogen and oxygen atoms in total. The topological polar surface area (TPSA) is 92.8 Å². The van der Waals surface area contributed by atoms with Crippen LogP contribution in [0.3, 0.4) is 0 Å². The Balaban J connectivity index is 1.70. The van der Waals surface area contributed by atoms with Gasteiger partial charge in [0.15, 0.2) is 0 Å². The molecule has 0 atom stereocenters. The SMILES string of the molecule is COC(=O)c1cccc(NC(=O)CN2c3ccc(C)cc3-c3ccccc3S2(=O)=O)c1C. The minimum Gasteiger partial charge on any atom is -0.465 e. The molecule has 1 amide bonds. The van der Waals surface area contributed by atoms with Crippen LogP contribution in [0.2, 0.25) is 0 Å². The zero-order valence-electron chi connectivity index (χ0n) is 17.9. The molecule has 32 heavy (non-hydrogen) atoms. The minimum atomic E-state index is -3.93. The number of ether oxygens (including phenoxy) is 1. The van der Waals surface area contributed by atoms with Crippen LogP contribution in [0.5, 0.6) is 0 Å². The molecule has 0 aromatic heterocycles. The lowest BCUT2D eigenvalue weighted by Crippen LogP contribution is -2.40. The molecule has 0 radical (unpaired) electrons. The fourth-order valence-corrected chi connectivity index (χ4v) is 5.49. The average Bonchev–Trinajstić information content (AvgIpc) is 2.78. The largest absolute Gasteiger partial charge is 0.465 e. The Morgan fingerprint density at radius 1 is 0.969 bits per heavy atom. The number of benzene rings is 3. The lowest BCUT2D eigenvalue weighted by molar-refractivity contribution is -0.114. The molecule has 0 unspecified atom stereocenters. The predicted molar refractivity (Wildman–Crippen MR) is 122 cm³/mol. The van der Waals surface area contributed by atoms with Crippen molar-refractivity contribution in [2.75, 3.05) is 23.3 Å². The molecule has 0 bridgehead atoms. The summed E-state index contributed by atoms with van der Waals surface area (Å²) in [6.07, 6.45) is 0. The maximum absolute atomic E-state index is 13.4.